The minimum Gasteiger partial charge on any atom is -0.481 e. The fourth-order valence-electron chi connectivity index (χ4n) is 2.64. The molecule has 1 aliphatic heterocycles. The predicted octanol–water partition coefficient (Wildman–Crippen LogP) is 1.14. The molecular formula is C13H21N3O4S. The minimum absolute atomic E-state index is 0.0159. The summed E-state index contributed by atoms with van der Waals surface area (Å²) >= 11 is 0. The molecule has 1 aromatic rings. The van der Waals surface area contributed by atoms with E-state index in [1.54, 1.807) is 18.5 Å². The maximum Gasteiger partial charge on any atom is 0.303 e. The Hall–Kier alpha value is -1.41. The molecule has 7 nitrogen and oxygen atoms in total. The van der Waals surface area contributed by atoms with Crippen LogP contribution >= 0.6 is 0 Å². The molecule has 2 rings (SSSR count). The van der Waals surface area contributed by atoms with E-state index in [9.17, 15) is 13.2 Å². The summed E-state index contributed by atoms with van der Waals surface area (Å²) in [5.41, 5.74) is 0. The third-order valence-corrected chi connectivity index (χ3v) is 5.75. The molecule has 118 valence electrons. The summed E-state index contributed by atoms with van der Waals surface area (Å²) in [6, 6.07) is -0.248. The Balaban J connectivity index is 2.24. The number of aliphatic carboxylic acids is 1. The van der Waals surface area contributed by atoms with Crippen LogP contribution in [0.5, 0.6) is 0 Å². The molecular weight excluding hydrogens is 294 g/mol. The van der Waals surface area contributed by atoms with Crippen LogP contribution in [0.25, 0.3) is 0 Å². The lowest BCUT2D eigenvalue weighted by atomic mass is 10.0. The van der Waals surface area contributed by atoms with Crippen LogP contribution in [-0.4, -0.2) is 45.9 Å². The Bertz CT molecular complexity index is 604. The van der Waals surface area contributed by atoms with E-state index in [-0.39, 0.29) is 17.5 Å². The van der Waals surface area contributed by atoms with E-state index in [4.69, 9.17) is 5.11 Å². The van der Waals surface area contributed by atoms with Crippen LogP contribution in [0.3, 0.4) is 0 Å². The van der Waals surface area contributed by atoms with Gasteiger partial charge in [0.15, 0.2) is 5.03 Å². The summed E-state index contributed by atoms with van der Waals surface area (Å²) in [5, 5.41) is 8.85. The second kappa shape index (κ2) is 6.15. The van der Waals surface area contributed by atoms with E-state index in [0.29, 0.717) is 25.2 Å². The van der Waals surface area contributed by atoms with Crippen LogP contribution in [-0.2, 0) is 21.9 Å². The van der Waals surface area contributed by atoms with Gasteiger partial charge in [-0.2, -0.15) is 4.31 Å². The van der Waals surface area contributed by atoms with Crippen molar-refractivity contribution in [3.05, 3.63) is 12.0 Å². The van der Waals surface area contributed by atoms with Gasteiger partial charge in [-0.3, -0.25) is 4.79 Å². The SMILES string of the molecule is Cc1nc(S(=O)(=O)N2CCCCC2CCC(=O)O)cn1C. The molecule has 1 aromatic heterocycles. The van der Waals surface area contributed by atoms with Crippen molar-refractivity contribution in [3.63, 3.8) is 0 Å². The third-order valence-electron chi connectivity index (χ3n) is 3.92. The number of carboxylic acid groups (broad SMARTS) is 1. The summed E-state index contributed by atoms with van der Waals surface area (Å²) in [5.74, 6) is -0.265. The minimum atomic E-state index is -3.65. The highest BCUT2D eigenvalue weighted by atomic mass is 32.2. The second-order valence-corrected chi connectivity index (χ2v) is 7.27. The summed E-state index contributed by atoms with van der Waals surface area (Å²) in [7, 11) is -1.90. The van der Waals surface area contributed by atoms with E-state index in [1.807, 2.05) is 0 Å². The van der Waals surface area contributed by atoms with Crippen LogP contribution in [0.15, 0.2) is 11.2 Å². The molecule has 1 aliphatic rings. The molecule has 8 heteroatoms. The first-order valence-corrected chi connectivity index (χ1v) is 8.50. The number of hydrogen-bond donors (Lipinski definition) is 1. The summed E-state index contributed by atoms with van der Waals surface area (Å²) < 4.78 is 28.5. The van der Waals surface area contributed by atoms with Gasteiger partial charge in [0.2, 0.25) is 0 Å². The van der Waals surface area contributed by atoms with Gasteiger partial charge in [0, 0.05) is 32.3 Å². The Kier molecular flexibility index (Phi) is 4.67. The molecule has 0 bridgehead atoms. The van der Waals surface area contributed by atoms with Crippen molar-refractivity contribution in [1.29, 1.82) is 0 Å². The molecule has 1 atom stereocenters. The Morgan fingerprint density at radius 1 is 1.48 bits per heavy atom. The van der Waals surface area contributed by atoms with Crippen LogP contribution in [0.2, 0.25) is 0 Å². The van der Waals surface area contributed by atoms with E-state index in [0.717, 1.165) is 12.8 Å². The largest absolute Gasteiger partial charge is 0.481 e. The molecule has 0 radical (unpaired) electrons. The highest BCUT2D eigenvalue weighted by Gasteiger charge is 2.35. The summed E-state index contributed by atoms with van der Waals surface area (Å²) in [6.45, 7) is 2.18. The van der Waals surface area contributed by atoms with E-state index >= 15 is 0 Å². The third kappa shape index (κ3) is 3.44. The normalized spacial score (nSPS) is 20.6. The maximum absolute atomic E-state index is 12.7. The topological polar surface area (TPSA) is 92.5 Å². The molecule has 0 aromatic carbocycles. The number of aryl methyl sites for hydroxylation is 2. The van der Waals surface area contributed by atoms with Gasteiger partial charge in [-0.15, -0.1) is 0 Å². The average Bonchev–Trinajstić information content (AvgIpc) is 2.77. The number of rotatable bonds is 5. The highest BCUT2D eigenvalue weighted by molar-refractivity contribution is 7.89. The molecule has 0 spiro atoms. The van der Waals surface area contributed by atoms with Crippen LogP contribution in [0.1, 0.15) is 37.9 Å². The van der Waals surface area contributed by atoms with Crippen molar-refractivity contribution in [2.75, 3.05) is 6.54 Å². The lowest BCUT2D eigenvalue weighted by molar-refractivity contribution is -0.137. The first kappa shape index (κ1) is 16.0. The van der Waals surface area contributed by atoms with Gasteiger partial charge < -0.3 is 9.67 Å². The van der Waals surface area contributed by atoms with Crippen molar-refractivity contribution in [2.45, 2.75) is 50.1 Å². The fourth-order valence-corrected chi connectivity index (χ4v) is 4.39. The Labute approximate surface area is 124 Å². The summed E-state index contributed by atoms with van der Waals surface area (Å²) in [4.78, 5) is 14.8. The molecule has 1 fully saturated rings. The fraction of sp³-hybridized carbons (Fsp3) is 0.692. The van der Waals surface area contributed by atoms with Crippen molar-refractivity contribution in [1.82, 2.24) is 13.9 Å². The van der Waals surface area contributed by atoms with Gasteiger partial charge in [0.1, 0.15) is 5.82 Å². The zero-order valence-electron chi connectivity index (χ0n) is 12.3. The number of aromatic nitrogens is 2. The Morgan fingerprint density at radius 3 is 2.76 bits per heavy atom. The van der Waals surface area contributed by atoms with Crippen molar-refractivity contribution in [2.24, 2.45) is 7.05 Å². The van der Waals surface area contributed by atoms with Crippen molar-refractivity contribution >= 4 is 16.0 Å². The molecule has 2 heterocycles. The van der Waals surface area contributed by atoms with Gasteiger partial charge in [-0.05, 0) is 26.2 Å². The number of imidazole rings is 1. The van der Waals surface area contributed by atoms with E-state index in [1.165, 1.54) is 10.5 Å². The number of carboxylic acids is 1. The highest BCUT2D eigenvalue weighted by Crippen LogP contribution is 2.27. The monoisotopic (exact) mass is 315 g/mol. The van der Waals surface area contributed by atoms with Gasteiger partial charge in [-0.25, -0.2) is 13.4 Å². The van der Waals surface area contributed by atoms with Crippen LogP contribution < -0.4 is 0 Å². The number of piperidine rings is 1. The van der Waals surface area contributed by atoms with Crippen molar-refractivity contribution < 1.29 is 18.3 Å². The lowest BCUT2D eigenvalue weighted by Gasteiger charge is -2.33. The standard InChI is InChI=1S/C13H21N3O4S/c1-10-14-12(9-15(10)2)21(19,20)16-8-4-3-5-11(16)6-7-13(17)18/h9,11H,3-8H2,1-2H3,(H,17,18). The molecule has 0 amide bonds. The lowest BCUT2D eigenvalue weighted by Crippen LogP contribution is -2.44. The quantitative estimate of drug-likeness (QED) is 0.879. The van der Waals surface area contributed by atoms with E-state index < -0.39 is 16.0 Å². The first-order chi connectivity index (χ1) is 9.82. The zero-order valence-corrected chi connectivity index (χ0v) is 13.1. The molecule has 21 heavy (non-hydrogen) atoms. The number of nitrogens with zero attached hydrogens (tertiary/aromatic N) is 3. The van der Waals surface area contributed by atoms with E-state index in [2.05, 4.69) is 4.98 Å². The number of sulfonamides is 1. The van der Waals surface area contributed by atoms with Crippen molar-refractivity contribution in [3.8, 4) is 0 Å². The van der Waals surface area contributed by atoms with Crippen LogP contribution in [0, 0.1) is 6.92 Å². The summed E-state index contributed by atoms with van der Waals surface area (Å²) in [6.07, 6.45) is 4.27. The molecule has 0 aliphatic carbocycles. The van der Waals surface area contributed by atoms with Gasteiger partial charge in [-0.1, -0.05) is 6.42 Å². The van der Waals surface area contributed by atoms with Gasteiger partial charge >= 0.3 is 5.97 Å². The predicted molar refractivity (Wildman–Crippen MR) is 76.3 cm³/mol. The number of carbonyl (C=O) groups is 1. The number of hydrogen-bond acceptors (Lipinski definition) is 4. The molecule has 1 N–H and O–H groups in total. The van der Waals surface area contributed by atoms with Crippen LogP contribution in [0.4, 0.5) is 0 Å². The zero-order chi connectivity index (χ0) is 15.6. The Morgan fingerprint density at radius 2 is 2.19 bits per heavy atom. The maximum atomic E-state index is 12.7. The van der Waals surface area contributed by atoms with Gasteiger partial charge in [0.05, 0.1) is 0 Å². The smallest absolute Gasteiger partial charge is 0.303 e. The molecule has 0 saturated carbocycles. The van der Waals surface area contributed by atoms with Gasteiger partial charge in [0.25, 0.3) is 10.0 Å². The molecule has 1 saturated heterocycles. The average molecular weight is 315 g/mol. The molecule has 1 unspecified atom stereocenters. The second-order valence-electron chi connectivity index (χ2n) is 5.44. The first-order valence-electron chi connectivity index (χ1n) is 7.06.